The van der Waals surface area contributed by atoms with E-state index in [4.69, 9.17) is 28.4 Å². The predicted molar refractivity (Wildman–Crippen MR) is 321 cm³/mol. The average Bonchev–Trinajstić information content (AvgIpc) is 3.35. The van der Waals surface area contributed by atoms with Crippen LogP contribution in [0.1, 0.15) is 225 Å². The van der Waals surface area contributed by atoms with Crippen molar-refractivity contribution in [1.82, 2.24) is 0 Å². The summed E-state index contributed by atoms with van der Waals surface area (Å²) in [7, 11) is 9.12. The van der Waals surface area contributed by atoms with Gasteiger partial charge in [-0.05, 0) is 116 Å². The van der Waals surface area contributed by atoms with Crippen LogP contribution in [-0.2, 0) is 71.0 Å². The molecule has 0 aliphatic carbocycles. The summed E-state index contributed by atoms with van der Waals surface area (Å²) in [5.41, 5.74) is 19.9. The van der Waals surface area contributed by atoms with Gasteiger partial charge in [0.1, 0.15) is 40.2 Å². The zero-order valence-electron chi connectivity index (χ0n) is 51.5. The number of rotatable bonds is 5. The minimum Gasteiger partial charge on any atom is -0.496 e. The van der Waals surface area contributed by atoms with E-state index in [2.05, 4.69) is 191 Å². The number of hydrogen-bond donors (Lipinski definition) is 0. The highest BCUT2D eigenvalue weighted by molar-refractivity contribution is 5.67. The monoisotopic (exact) mass is 1040 g/mol. The van der Waals surface area contributed by atoms with Crippen LogP contribution in [0.15, 0.2) is 66.7 Å². The van der Waals surface area contributed by atoms with Crippen molar-refractivity contribution in [2.45, 2.75) is 196 Å². The second-order valence-electron chi connectivity index (χ2n) is 28.5. The van der Waals surface area contributed by atoms with Crippen molar-refractivity contribution < 1.29 is 28.4 Å². The van der Waals surface area contributed by atoms with Gasteiger partial charge in [0.25, 0.3) is 0 Å². The zero-order chi connectivity index (χ0) is 56.7. The van der Waals surface area contributed by atoms with Crippen molar-refractivity contribution in [3.8, 4) is 40.2 Å². The Bertz CT molecular complexity index is 3230. The van der Waals surface area contributed by atoms with Crippen molar-refractivity contribution >= 4 is 0 Å². The first-order valence-corrected chi connectivity index (χ1v) is 28.1. The summed E-state index contributed by atoms with van der Waals surface area (Å²) in [5.74, 6) is 6.20. The van der Waals surface area contributed by atoms with Crippen molar-refractivity contribution in [2.75, 3.05) is 35.5 Å². The van der Waals surface area contributed by atoms with Gasteiger partial charge in [-0.3, -0.25) is 0 Å². The SMILES string of the molecule is COc1c2cc(C(C)(C)C)cc1Cc1cc(C(C)(C)C)cc(c1OC)Cc1cc(C(C)(C)C)cc3c1Oc1c(cc(C(C)(C)C)c(OC)c1C3)Cc1cc(C(C)(C)C)cc(c1OC)Cc1cc(C(C)(C)C)cc(c1OC)C2. The lowest BCUT2D eigenvalue weighted by Crippen LogP contribution is -2.19. The second kappa shape index (κ2) is 20.4. The number of fused-ring (bicyclic) bond motifs is 8. The Morgan fingerprint density at radius 3 is 0.714 bits per heavy atom. The van der Waals surface area contributed by atoms with Gasteiger partial charge in [0, 0.05) is 60.8 Å². The zero-order valence-corrected chi connectivity index (χ0v) is 51.5. The molecule has 0 aromatic heterocycles. The van der Waals surface area contributed by atoms with E-state index in [0.29, 0.717) is 38.5 Å². The minimum atomic E-state index is -0.226. The molecule has 6 heteroatoms. The topological polar surface area (TPSA) is 55.4 Å². The van der Waals surface area contributed by atoms with Crippen LogP contribution in [0.4, 0.5) is 0 Å². The van der Waals surface area contributed by atoms with Crippen molar-refractivity contribution in [2.24, 2.45) is 0 Å². The van der Waals surface area contributed by atoms with E-state index < -0.39 is 0 Å². The standard InChI is InChI=1S/C71H92O6/c1-66(2,3)52-29-41-24-42-30-53(67(4,5)6)32-44(60(42)73-20)26-46-34-55(69(10,11)12)36-48(62(46)75-22)28-50-40-58(71(16,17)18)65(76-23)57-39-51-38-56(70(13,14)15)37-49(63(51)77-64(50)57)27-47-35-54(68(7,8)9)33-45(61(47)74-21)25-43(31-52)59(41)72-19/h29-38,40H,24-28,39H2,1-23H3. The first-order chi connectivity index (χ1) is 35.7. The first kappa shape index (κ1) is 57.3. The molecule has 2 aliphatic heterocycles. The summed E-state index contributed by atoms with van der Waals surface area (Å²) in [5, 5.41) is 0. The highest BCUT2D eigenvalue weighted by Gasteiger charge is 2.35. The lowest BCUT2D eigenvalue weighted by Gasteiger charge is -2.33. The molecular formula is C71H92O6. The lowest BCUT2D eigenvalue weighted by atomic mass is 9.78. The molecule has 412 valence electrons. The van der Waals surface area contributed by atoms with Gasteiger partial charge in [0.2, 0.25) is 0 Å². The molecule has 10 bridgehead atoms. The van der Waals surface area contributed by atoms with Gasteiger partial charge >= 0.3 is 0 Å². The Morgan fingerprint density at radius 1 is 0.260 bits per heavy atom. The highest BCUT2D eigenvalue weighted by atomic mass is 16.5. The summed E-state index contributed by atoms with van der Waals surface area (Å²) in [6.45, 7) is 41.4. The quantitative estimate of drug-likeness (QED) is 0.171. The molecule has 0 spiro atoms. The fraction of sp³-hybridized carbons (Fsp3) is 0.493. The third kappa shape index (κ3) is 11.5. The van der Waals surface area contributed by atoms with E-state index in [1.165, 1.54) is 27.8 Å². The van der Waals surface area contributed by atoms with Crippen LogP contribution in [0.25, 0.3) is 0 Å². The maximum atomic E-state index is 7.63. The smallest absolute Gasteiger partial charge is 0.138 e. The largest absolute Gasteiger partial charge is 0.496 e. The van der Waals surface area contributed by atoms with Crippen LogP contribution in [-0.4, -0.2) is 35.5 Å². The van der Waals surface area contributed by atoms with Gasteiger partial charge < -0.3 is 28.4 Å². The Hall–Kier alpha value is -5.88. The molecule has 8 rings (SSSR count). The van der Waals surface area contributed by atoms with Gasteiger partial charge in [-0.2, -0.15) is 0 Å². The fourth-order valence-electron chi connectivity index (χ4n) is 11.7. The van der Waals surface area contributed by atoms with Crippen LogP contribution >= 0.6 is 0 Å². The van der Waals surface area contributed by atoms with Gasteiger partial charge in [-0.1, -0.05) is 185 Å². The highest BCUT2D eigenvalue weighted by Crippen LogP contribution is 2.52. The number of benzene rings is 6. The summed E-state index contributed by atoms with van der Waals surface area (Å²) < 4.78 is 40.8. The van der Waals surface area contributed by atoms with Crippen LogP contribution in [0.5, 0.6) is 40.2 Å². The van der Waals surface area contributed by atoms with E-state index in [1.54, 1.807) is 0 Å². The maximum Gasteiger partial charge on any atom is 0.138 e. The van der Waals surface area contributed by atoms with E-state index in [0.717, 1.165) is 113 Å². The third-order valence-electron chi connectivity index (χ3n) is 16.3. The van der Waals surface area contributed by atoms with Crippen LogP contribution in [0.2, 0.25) is 0 Å². The molecule has 2 heterocycles. The molecule has 0 saturated heterocycles. The van der Waals surface area contributed by atoms with Crippen LogP contribution in [0.3, 0.4) is 0 Å². The summed E-state index contributed by atoms with van der Waals surface area (Å²) in [6.07, 6.45) is 3.68. The molecule has 2 aliphatic rings. The van der Waals surface area contributed by atoms with Crippen LogP contribution < -0.4 is 28.4 Å². The molecule has 0 N–H and O–H groups in total. The molecule has 6 nitrogen and oxygen atoms in total. The van der Waals surface area contributed by atoms with Crippen molar-refractivity contribution in [1.29, 1.82) is 0 Å². The van der Waals surface area contributed by atoms with Gasteiger partial charge in [-0.15, -0.1) is 0 Å². The lowest BCUT2D eigenvalue weighted by molar-refractivity contribution is 0.379. The Balaban J connectivity index is 1.53. The summed E-state index contributed by atoms with van der Waals surface area (Å²) in [4.78, 5) is 0. The predicted octanol–water partition coefficient (Wildman–Crippen LogP) is 17.5. The molecule has 0 saturated carbocycles. The molecular weight excluding hydrogens is 949 g/mol. The van der Waals surface area contributed by atoms with E-state index >= 15 is 0 Å². The Labute approximate surface area is 464 Å². The number of methoxy groups -OCH3 is 5. The minimum absolute atomic E-state index is 0.130. The number of ether oxygens (including phenoxy) is 6. The van der Waals surface area contributed by atoms with E-state index in [-0.39, 0.29) is 32.5 Å². The van der Waals surface area contributed by atoms with Crippen LogP contribution in [0, 0.1) is 0 Å². The fourth-order valence-corrected chi connectivity index (χ4v) is 11.7. The maximum absolute atomic E-state index is 7.63. The third-order valence-corrected chi connectivity index (χ3v) is 16.3. The van der Waals surface area contributed by atoms with E-state index in [1.807, 2.05) is 35.5 Å². The molecule has 77 heavy (non-hydrogen) atoms. The molecule has 0 unspecified atom stereocenters. The molecule has 6 aromatic rings. The molecule has 0 radical (unpaired) electrons. The molecule has 0 amide bonds. The van der Waals surface area contributed by atoms with Gasteiger partial charge in [0.15, 0.2) is 0 Å². The molecule has 6 aromatic carbocycles. The normalized spacial score (nSPS) is 14.2. The van der Waals surface area contributed by atoms with Crippen molar-refractivity contribution in [3.05, 3.63) is 167 Å². The summed E-state index contributed by atoms with van der Waals surface area (Å²) in [6, 6.07) is 26.1. The van der Waals surface area contributed by atoms with E-state index in [9.17, 15) is 0 Å². The first-order valence-electron chi connectivity index (χ1n) is 28.1. The second-order valence-corrected chi connectivity index (χ2v) is 28.5. The summed E-state index contributed by atoms with van der Waals surface area (Å²) >= 11 is 0. The average molecular weight is 1040 g/mol. The molecule has 0 fully saturated rings. The number of hydrogen-bond acceptors (Lipinski definition) is 6. The van der Waals surface area contributed by atoms with Gasteiger partial charge in [-0.25, -0.2) is 0 Å². The molecule has 0 atom stereocenters. The Morgan fingerprint density at radius 2 is 0.481 bits per heavy atom. The van der Waals surface area contributed by atoms with Gasteiger partial charge in [0.05, 0.1) is 35.5 Å². The van der Waals surface area contributed by atoms with Crippen molar-refractivity contribution in [3.63, 3.8) is 0 Å². The Kier molecular flexibility index (Phi) is 15.2.